The van der Waals surface area contributed by atoms with Crippen molar-refractivity contribution in [2.24, 2.45) is 23.7 Å². The molecule has 4 aliphatic carbocycles. The van der Waals surface area contributed by atoms with E-state index >= 15 is 52.7 Å². The number of alkyl halides is 27. The van der Waals surface area contributed by atoms with E-state index in [1.54, 1.807) is 0 Å². The van der Waals surface area contributed by atoms with Gasteiger partial charge in [0.05, 0.1) is 0 Å². The average Bonchev–Trinajstić information content (AvgIpc) is 0.690. The summed E-state index contributed by atoms with van der Waals surface area (Å²) in [7, 11) is -32.6. The number of rotatable bonds is 25. The van der Waals surface area contributed by atoms with Crippen molar-refractivity contribution in [3.8, 4) is 22.3 Å². The molecule has 0 saturated heterocycles. The van der Waals surface area contributed by atoms with Gasteiger partial charge in [-0.2, -0.15) is 79.0 Å². The zero-order chi connectivity index (χ0) is 83.8. The maximum atomic E-state index is 16.0. The van der Waals surface area contributed by atoms with Crippen LogP contribution in [0.25, 0.3) is 22.3 Å². The number of benzene rings is 4. The summed E-state index contributed by atoms with van der Waals surface area (Å²) in [5.41, 5.74) is -0.588. The third-order valence-electron chi connectivity index (χ3n) is 19.8. The van der Waals surface area contributed by atoms with E-state index < -0.39 is 201 Å². The molecule has 8 unspecified atom stereocenters. The minimum absolute atomic E-state index is 0.138. The van der Waals surface area contributed by atoms with Crippen molar-refractivity contribution in [2.75, 3.05) is 0 Å². The first-order chi connectivity index (χ1) is 49.6. The van der Waals surface area contributed by atoms with Crippen LogP contribution in [0, 0.1) is 30.8 Å². The van der Waals surface area contributed by atoms with Crippen LogP contribution in [0.2, 0.25) is 0 Å². The quantitative estimate of drug-likeness (QED) is 0.0470. The molecule has 0 saturated carbocycles. The van der Waals surface area contributed by atoms with Crippen molar-refractivity contribution in [2.45, 2.75) is 154 Å². The topological polar surface area (TPSA) is 130 Å². The molecule has 110 heavy (non-hydrogen) atoms. The van der Waals surface area contributed by atoms with E-state index in [0.29, 0.717) is 0 Å². The molecule has 0 spiro atoms. The van der Waals surface area contributed by atoms with E-state index in [1.807, 2.05) is 0 Å². The Balaban J connectivity index is 1.28. The molecule has 0 N–H and O–H groups in total. The van der Waals surface area contributed by atoms with Crippen molar-refractivity contribution in [1.82, 2.24) is 0 Å². The molecular formula is C68H60F27IO9S5. The van der Waals surface area contributed by atoms with E-state index in [4.69, 9.17) is 7.26 Å². The SMILES string of the molecule is CC1C=CC=CC1(C)S(OS(=O)(=O)C(F)(F)C(F)(F)C(F)(F)C(F)(F)F)(c1ccc(-c2ccc(I(OS(=O)(=O)C(F)(F)C(F)(F)C(F)(F)C(F)(F)F)c3ccc(-c4ccc(S(OS(=O)(=O)C(F)(F)C(F)(F)C(F)(F)C(F)(F)F)(C5(C)C=CC=CC5C)C5(C)C=CC=CC5C)cc4)cc3)cc2)cc1)C1(C)C=CC=CC1C. The first-order valence-corrected chi connectivity index (χ1v) is 41.7. The Morgan fingerprint density at radius 1 is 0.291 bits per heavy atom. The molecule has 8 rings (SSSR count). The van der Waals surface area contributed by atoms with Crippen LogP contribution >= 0.6 is 40.9 Å². The van der Waals surface area contributed by atoms with Crippen LogP contribution in [0.1, 0.15) is 55.4 Å². The second kappa shape index (κ2) is 28.5. The molecule has 4 aromatic carbocycles. The molecule has 0 amide bonds. The first-order valence-electron chi connectivity index (χ1n) is 31.3. The molecule has 0 radical (unpaired) electrons. The van der Waals surface area contributed by atoms with E-state index in [-0.39, 0.29) is 22.3 Å². The maximum absolute atomic E-state index is 16.0. The number of allylic oxidation sites excluding steroid dienone is 12. The van der Waals surface area contributed by atoms with Gasteiger partial charge in [-0.05, 0) is 0 Å². The van der Waals surface area contributed by atoms with Gasteiger partial charge in [-0.3, -0.25) is 0 Å². The normalized spacial score (nSPS) is 26.3. The first kappa shape index (κ1) is 89.6. The molecule has 4 aliphatic rings. The van der Waals surface area contributed by atoms with Crippen LogP contribution in [-0.2, 0) is 40.1 Å². The van der Waals surface area contributed by atoms with Gasteiger partial charge < -0.3 is 0 Å². The van der Waals surface area contributed by atoms with Crippen molar-refractivity contribution in [1.29, 1.82) is 0 Å². The van der Waals surface area contributed by atoms with E-state index in [9.17, 15) is 91.1 Å². The van der Waals surface area contributed by atoms with Crippen LogP contribution in [-0.4, -0.2) is 114 Å². The fourth-order valence-corrected chi connectivity index (χ4v) is 34.5. The zero-order valence-electron chi connectivity index (χ0n) is 57.1. The molecule has 9 nitrogen and oxygen atoms in total. The number of hydrogen-bond acceptors (Lipinski definition) is 9. The Morgan fingerprint density at radius 3 is 0.691 bits per heavy atom. The van der Waals surface area contributed by atoms with Gasteiger partial charge in [-0.25, -0.2) is 0 Å². The van der Waals surface area contributed by atoms with Gasteiger partial charge in [0.2, 0.25) is 0 Å². The number of halogens is 28. The summed E-state index contributed by atoms with van der Waals surface area (Å²) in [5, 5.41) is -22.3. The van der Waals surface area contributed by atoms with Crippen molar-refractivity contribution in [3.05, 3.63) is 201 Å². The third kappa shape index (κ3) is 13.4. The van der Waals surface area contributed by atoms with Crippen molar-refractivity contribution in [3.63, 3.8) is 0 Å². The summed E-state index contributed by atoms with van der Waals surface area (Å²) in [6.07, 6.45) is -2.18. The van der Waals surface area contributed by atoms with E-state index in [2.05, 4.69) is 2.51 Å². The second-order valence-electron chi connectivity index (χ2n) is 26.3. The van der Waals surface area contributed by atoms with Crippen LogP contribution in [0.4, 0.5) is 119 Å². The van der Waals surface area contributed by atoms with Crippen LogP contribution < -0.4 is 0 Å². The van der Waals surface area contributed by atoms with Gasteiger partial charge >= 0.3 is 523 Å². The fourth-order valence-electron chi connectivity index (χ4n) is 12.5. The Bertz CT molecular complexity index is 4410. The summed E-state index contributed by atoms with van der Waals surface area (Å²) in [6.45, 7) is 10.1. The van der Waals surface area contributed by atoms with Crippen LogP contribution in [0.15, 0.2) is 204 Å². The molecule has 4 aromatic rings. The summed E-state index contributed by atoms with van der Waals surface area (Å²) >= 11 is -5.22. The fraction of sp³-hybridized carbons (Fsp3) is 0.412. The zero-order valence-corrected chi connectivity index (χ0v) is 63.3. The second-order valence-corrected chi connectivity index (χ2v) is 43.5. The van der Waals surface area contributed by atoms with E-state index in [0.717, 1.165) is 97.1 Å². The predicted octanol–water partition coefficient (Wildman–Crippen LogP) is 23.0. The van der Waals surface area contributed by atoms with Crippen molar-refractivity contribution < 1.29 is 154 Å². The summed E-state index contributed by atoms with van der Waals surface area (Å²) in [6, 6.07) is 14.7. The number of hydrogen-bond donors (Lipinski definition) is 0. The monoisotopic (exact) mass is 1820 g/mol. The Kier molecular flexibility index (Phi) is 23.2. The Hall–Kier alpha value is -5.93. The van der Waals surface area contributed by atoms with Crippen molar-refractivity contribution >= 4 is 71.2 Å². The third-order valence-corrected chi connectivity index (χ3v) is 40.9. The summed E-state index contributed by atoms with van der Waals surface area (Å²) < 4.78 is 483. The molecule has 42 heteroatoms. The Morgan fingerprint density at radius 2 is 0.491 bits per heavy atom. The molecule has 0 aliphatic heterocycles. The molecular weight excluding hydrogens is 1760 g/mol. The predicted molar refractivity (Wildman–Crippen MR) is 363 cm³/mol. The molecule has 0 aromatic heterocycles. The van der Waals surface area contributed by atoms with Gasteiger partial charge in [0, 0.05) is 0 Å². The van der Waals surface area contributed by atoms with Crippen LogP contribution in [0.3, 0.4) is 0 Å². The average molecular weight is 1820 g/mol. The molecule has 0 fully saturated rings. The molecule has 0 bridgehead atoms. The summed E-state index contributed by atoms with van der Waals surface area (Å²) in [4.78, 5) is -1.06. The Labute approximate surface area is 622 Å². The molecule has 612 valence electrons. The van der Waals surface area contributed by atoms with Gasteiger partial charge in [0.1, 0.15) is 0 Å². The van der Waals surface area contributed by atoms with Gasteiger partial charge in [0.15, 0.2) is 0 Å². The standard InChI is InChI=1S/C68H60F27IO9S5/c1-41-17-9-13-37-53(41,5)106(54(6)38-14-10-18-42(54)2,104-109(99,100)67(92,93)61(77,78)58(71,72)64(84,85)86)51-33-25-47(26-34-51)45-21-29-49(30-22-45)96(103-108(97,98)66(90,91)60(75,76)57(69,70)63(81,82)83)50-31-23-46(24-32-50)48-27-35-52(36-28-48)107(55(7)39-15-11-19-43(55)3,56(8)40-16-12-20-44(56)4)105-110(101,102)68(94,95)62(79,80)59(73,74)65(87,88)89/h9-44H,1-8H3. The van der Waals surface area contributed by atoms with Gasteiger partial charge in [0.25, 0.3) is 0 Å². The molecule has 0 heterocycles. The van der Waals surface area contributed by atoms with Gasteiger partial charge in [-0.1, -0.05) is 24.3 Å². The van der Waals surface area contributed by atoms with E-state index in [1.165, 1.54) is 153 Å². The van der Waals surface area contributed by atoms with Gasteiger partial charge in [-0.15, -0.1) is 0 Å². The van der Waals surface area contributed by atoms with Crippen LogP contribution in [0.5, 0.6) is 0 Å². The summed E-state index contributed by atoms with van der Waals surface area (Å²) in [5.74, 6) is -51.3. The minimum atomic E-state index is -7.87. The molecule has 8 atom stereocenters.